The van der Waals surface area contributed by atoms with Crippen molar-refractivity contribution in [3.05, 3.63) is 206 Å². The van der Waals surface area contributed by atoms with E-state index < -0.39 is 0 Å². The maximum Gasteiger partial charge on any atom is 0.0547 e. The fourth-order valence-electron chi connectivity index (χ4n) is 7.94. The second-order valence-electron chi connectivity index (χ2n) is 13.4. The number of nitrogens with zero attached hydrogens (tertiary/aromatic N) is 2. The van der Waals surface area contributed by atoms with Crippen LogP contribution < -0.4 is 4.90 Å². The van der Waals surface area contributed by atoms with E-state index in [2.05, 4.69) is 216 Å². The number of anilines is 3. The lowest BCUT2D eigenvalue weighted by molar-refractivity contribution is 1.17. The minimum atomic E-state index is 1.09. The Bertz CT molecular complexity index is 2890. The Kier molecular flexibility index (Phi) is 7.18. The highest BCUT2D eigenvalue weighted by Gasteiger charge is 2.19. The van der Waals surface area contributed by atoms with Crippen LogP contribution in [0.5, 0.6) is 0 Å². The number of hydrogen-bond donors (Lipinski definition) is 0. The van der Waals surface area contributed by atoms with Gasteiger partial charge in [0, 0.05) is 33.5 Å². The zero-order valence-corrected chi connectivity index (χ0v) is 28.5. The third kappa shape index (κ3) is 5.04. The molecule has 0 amide bonds. The van der Waals surface area contributed by atoms with E-state index in [1.165, 1.54) is 65.6 Å². The Morgan fingerprint density at radius 2 is 0.942 bits per heavy atom. The SMILES string of the molecule is c1ccc(-c2ccc(N(c3cccc(-n4c5ccccc5c5c6c(-c7ccccc7)cccc6ccc54)c3)c3ccc4ccccc4c3)cc2)cc1. The van der Waals surface area contributed by atoms with Gasteiger partial charge in [0.1, 0.15) is 0 Å². The molecule has 0 bridgehead atoms. The van der Waals surface area contributed by atoms with Gasteiger partial charge in [-0.1, -0.05) is 152 Å². The smallest absolute Gasteiger partial charge is 0.0547 e. The molecule has 0 aliphatic carbocycles. The molecule has 0 N–H and O–H groups in total. The summed E-state index contributed by atoms with van der Waals surface area (Å²) in [5.41, 5.74) is 11.7. The van der Waals surface area contributed by atoms with Gasteiger partial charge in [-0.05, 0) is 98.4 Å². The molecule has 1 aromatic heterocycles. The molecule has 52 heavy (non-hydrogen) atoms. The molecule has 244 valence electrons. The minimum Gasteiger partial charge on any atom is -0.310 e. The van der Waals surface area contributed by atoms with Crippen LogP contribution in [-0.4, -0.2) is 4.57 Å². The number of hydrogen-bond acceptors (Lipinski definition) is 1. The van der Waals surface area contributed by atoms with E-state index in [-0.39, 0.29) is 0 Å². The van der Waals surface area contributed by atoms with E-state index in [1.54, 1.807) is 0 Å². The zero-order valence-electron chi connectivity index (χ0n) is 28.5. The molecule has 2 heteroatoms. The first-order valence-corrected chi connectivity index (χ1v) is 17.9. The lowest BCUT2D eigenvalue weighted by Crippen LogP contribution is -2.10. The van der Waals surface area contributed by atoms with Crippen LogP contribution in [-0.2, 0) is 0 Å². The van der Waals surface area contributed by atoms with Crippen molar-refractivity contribution in [1.29, 1.82) is 0 Å². The summed E-state index contributed by atoms with van der Waals surface area (Å²) in [6.07, 6.45) is 0. The summed E-state index contributed by atoms with van der Waals surface area (Å²) in [6.45, 7) is 0. The third-order valence-corrected chi connectivity index (χ3v) is 10.3. The van der Waals surface area contributed by atoms with E-state index in [4.69, 9.17) is 0 Å². The quantitative estimate of drug-likeness (QED) is 0.172. The van der Waals surface area contributed by atoms with E-state index in [1.807, 2.05) is 0 Å². The van der Waals surface area contributed by atoms with Crippen molar-refractivity contribution in [3.8, 4) is 27.9 Å². The molecule has 0 atom stereocenters. The number of fused-ring (bicyclic) bond motifs is 6. The van der Waals surface area contributed by atoms with Gasteiger partial charge in [0.2, 0.25) is 0 Å². The van der Waals surface area contributed by atoms with Gasteiger partial charge in [-0.15, -0.1) is 0 Å². The summed E-state index contributed by atoms with van der Waals surface area (Å²) in [4.78, 5) is 2.38. The number of para-hydroxylation sites is 1. The average molecular weight is 663 g/mol. The van der Waals surface area contributed by atoms with Crippen LogP contribution in [0, 0.1) is 0 Å². The van der Waals surface area contributed by atoms with Gasteiger partial charge >= 0.3 is 0 Å². The second-order valence-corrected chi connectivity index (χ2v) is 13.4. The largest absolute Gasteiger partial charge is 0.310 e. The second kappa shape index (κ2) is 12.5. The van der Waals surface area contributed by atoms with Gasteiger partial charge in [-0.3, -0.25) is 0 Å². The topological polar surface area (TPSA) is 8.17 Å². The summed E-state index contributed by atoms with van der Waals surface area (Å²) in [5.74, 6) is 0. The highest BCUT2D eigenvalue weighted by Crippen LogP contribution is 2.43. The molecule has 2 nitrogen and oxygen atoms in total. The Balaban J connectivity index is 1.18. The lowest BCUT2D eigenvalue weighted by atomic mass is 9.94. The van der Waals surface area contributed by atoms with Crippen LogP contribution >= 0.6 is 0 Å². The first-order chi connectivity index (χ1) is 25.8. The normalized spacial score (nSPS) is 11.5. The summed E-state index contributed by atoms with van der Waals surface area (Å²) < 4.78 is 2.44. The summed E-state index contributed by atoms with van der Waals surface area (Å²) in [5, 5.41) is 7.50. The Morgan fingerprint density at radius 1 is 0.327 bits per heavy atom. The van der Waals surface area contributed by atoms with Crippen molar-refractivity contribution < 1.29 is 0 Å². The molecule has 0 unspecified atom stereocenters. The van der Waals surface area contributed by atoms with Gasteiger partial charge in [-0.25, -0.2) is 0 Å². The molecule has 9 aromatic carbocycles. The molecule has 0 saturated carbocycles. The van der Waals surface area contributed by atoms with E-state index in [9.17, 15) is 0 Å². The van der Waals surface area contributed by atoms with Gasteiger partial charge in [0.15, 0.2) is 0 Å². The summed E-state index contributed by atoms with van der Waals surface area (Å²) >= 11 is 0. The van der Waals surface area contributed by atoms with Crippen molar-refractivity contribution in [3.63, 3.8) is 0 Å². The average Bonchev–Trinajstić information content (AvgIpc) is 3.56. The Hall–Kier alpha value is -6.90. The van der Waals surface area contributed by atoms with Crippen molar-refractivity contribution >= 4 is 60.4 Å². The summed E-state index contributed by atoms with van der Waals surface area (Å²) in [7, 11) is 0. The molecule has 0 aliphatic heterocycles. The summed E-state index contributed by atoms with van der Waals surface area (Å²) in [6, 6.07) is 74.7. The molecule has 0 fully saturated rings. The van der Waals surface area contributed by atoms with Gasteiger partial charge < -0.3 is 9.47 Å². The molecule has 10 rings (SSSR count). The van der Waals surface area contributed by atoms with Gasteiger partial charge in [0.25, 0.3) is 0 Å². The number of benzene rings is 9. The van der Waals surface area contributed by atoms with Crippen molar-refractivity contribution in [2.24, 2.45) is 0 Å². The fourth-order valence-corrected chi connectivity index (χ4v) is 7.94. The van der Waals surface area contributed by atoms with Crippen molar-refractivity contribution in [2.75, 3.05) is 4.90 Å². The molecule has 0 aliphatic rings. The standard InChI is InChI=1S/C50H34N2/c1-3-13-35(14-4-1)37-25-29-41(30-26-37)51(44-31-27-36-15-7-8-18-40(36)33-44)42-20-12-21-43(34-42)52-47-24-10-9-22-46(47)50-48(52)32-28-39-19-11-23-45(49(39)50)38-16-5-2-6-17-38/h1-34H. The van der Waals surface area contributed by atoms with E-state index in [0.29, 0.717) is 0 Å². The van der Waals surface area contributed by atoms with Crippen LogP contribution in [0.4, 0.5) is 17.1 Å². The lowest BCUT2D eigenvalue weighted by Gasteiger charge is -2.27. The van der Waals surface area contributed by atoms with Gasteiger partial charge in [-0.2, -0.15) is 0 Å². The Morgan fingerprint density at radius 3 is 1.77 bits per heavy atom. The van der Waals surface area contributed by atoms with Crippen LogP contribution in [0.2, 0.25) is 0 Å². The number of aromatic nitrogens is 1. The van der Waals surface area contributed by atoms with Crippen molar-refractivity contribution in [1.82, 2.24) is 4.57 Å². The highest BCUT2D eigenvalue weighted by molar-refractivity contribution is 6.24. The maximum absolute atomic E-state index is 2.44. The van der Waals surface area contributed by atoms with Crippen molar-refractivity contribution in [2.45, 2.75) is 0 Å². The van der Waals surface area contributed by atoms with Crippen LogP contribution in [0.15, 0.2) is 206 Å². The third-order valence-electron chi connectivity index (χ3n) is 10.3. The van der Waals surface area contributed by atoms with Crippen LogP contribution in [0.3, 0.4) is 0 Å². The highest BCUT2D eigenvalue weighted by atomic mass is 15.1. The molecule has 0 saturated heterocycles. The fraction of sp³-hybridized carbons (Fsp3) is 0. The van der Waals surface area contributed by atoms with Crippen LogP contribution in [0.25, 0.3) is 71.3 Å². The molecule has 0 radical (unpaired) electrons. The van der Waals surface area contributed by atoms with E-state index >= 15 is 0 Å². The Labute approximate surface area is 303 Å². The number of rotatable bonds is 6. The molecular weight excluding hydrogens is 629 g/mol. The van der Waals surface area contributed by atoms with E-state index in [0.717, 1.165) is 22.7 Å². The molecule has 0 spiro atoms. The molecular formula is C50H34N2. The molecule has 10 aromatic rings. The monoisotopic (exact) mass is 662 g/mol. The predicted molar refractivity (Wildman–Crippen MR) is 221 cm³/mol. The van der Waals surface area contributed by atoms with Crippen LogP contribution in [0.1, 0.15) is 0 Å². The van der Waals surface area contributed by atoms with Gasteiger partial charge in [0.05, 0.1) is 11.0 Å². The first kappa shape index (κ1) is 30.0. The molecule has 1 heterocycles. The zero-order chi connectivity index (χ0) is 34.4. The first-order valence-electron chi connectivity index (χ1n) is 17.9. The predicted octanol–water partition coefficient (Wildman–Crippen LogP) is 13.9. The minimum absolute atomic E-state index is 1.09. The maximum atomic E-state index is 2.44.